The average Bonchev–Trinajstić information content (AvgIpc) is 2.58. The van der Waals surface area contributed by atoms with Gasteiger partial charge in [-0.2, -0.15) is 0 Å². The van der Waals surface area contributed by atoms with Crippen molar-refractivity contribution >= 4 is 5.97 Å². The number of benzene rings is 1. The summed E-state index contributed by atoms with van der Waals surface area (Å²) in [7, 11) is 0. The molecule has 2 fully saturated rings. The molecule has 23 heavy (non-hydrogen) atoms. The van der Waals surface area contributed by atoms with E-state index in [1.165, 1.54) is 32.1 Å². The van der Waals surface area contributed by atoms with Crippen LogP contribution in [-0.4, -0.2) is 29.8 Å². The second-order valence-electron chi connectivity index (χ2n) is 6.91. The minimum atomic E-state index is -0.871. The fraction of sp³-hybridized carbons (Fsp3) is 0.632. The standard InChI is InChI=1S/C19H27NO3/c1-2-23-17-12-16(19(17)10-4-3-5-11-19)20-13-14-6-8-15(9-7-14)18(21)22/h6-9,16-17,20H,2-5,10-13H2,1H3,(H,21,22). The second kappa shape index (κ2) is 7.02. The first kappa shape index (κ1) is 16.5. The van der Waals surface area contributed by atoms with Crippen LogP contribution in [0.25, 0.3) is 0 Å². The van der Waals surface area contributed by atoms with Crippen LogP contribution in [0.4, 0.5) is 0 Å². The van der Waals surface area contributed by atoms with Crippen LogP contribution in [0.3, 0.4) is 0 Å². The first-order chi connectivity index (χ1) is 11.2. The maximum absolute atomic E-state index is 10.9. The largest absolute Gasteiger partial charge is 0.478 e. The number of carboxylic acids is 1. The van der Waals surface area contributed by atoms with E-state index < -0.39 is 5.97 Å². The van der Waals surface area contributed by atoms with E-state index in [0.29, 0.717) is 23.1 Å². The van der Waals surface area contributed by atoms with Gasteiger partial charge in [0.25, 0.3) is 0 Å². The Labute approximate surface area is 138 Å². The van der Waals surface area contributed by atoms with Crippen molar-refractivity contribution in [1.29, 1.82) is 0 Å². The fourth-order valence-electron chi connectivity index (χ4n) is 4.36. The van der Waals surface area contributed by atoms with Crippen LogP contribution in [0.15, 0.2) is 24.3 Å². The van der Waals surface area contributed by atoms with Gasteiger partial charge in [0.2, 0.25) is 0 Å². The first-order valence-electron chi connectivity index (χ1n) is 8.83. The van der Waals surface area contributed by atoms with Crippen molar-refractivity contribution in [2.75, 3.05) is 6.61 Å². The van der Waals surface area contributed by atoms with Crippen LogP contribution in [0.5, 0.6) is 0 Å². The van der Waals surface area contributed by atoms with E-state index in [4.69, 9.17) is 9.84 Å². The molecule has 2 atom stereocenters. The average molecular weight is 317 g/mol. The molecule has 4 nitrogen and oxygen atoms in total. The van der Waals surface area contributed by atoms with Gasteiger partial charge in [0.1, 0.15) is 0 Å². The van der Waals surface area contributed by atoms with Gasteiger partial charge in [0.15, 0.2) is 0 Å². The molecule has 0 aliphatic heterocycles. The molecule has 1 spiro atoms. The third-order valence-electron chi connectivity index (χ3n) is 5.69. The van der Waals surface area contributed by atoms with Crippen LogP contribution >= 0.6 is 0 Å². The molecule has 2 aliphatic rings. The summed E-state index contributed by atoms with van der Waals surface area (Å²) in [5.41, 5.74) is 1.81. The smallest absolute Gasteiger partial charge is 0.335 e. The van der Waals surface area contributed by atoms with Gasteiger partial charge in [0, 0.05) is 24.6 Å². The molecule has 2 unspecified atom stereocenters. The maximum Gasteiger partial charge on any atom is 0.335 e. The fourth-order valence-corrected chi connectivity index (χ4v) is 4.36. The zero-order valence-corrected chi connectivity index (χ0v) is 13.9. The molecule has 2 N–H and O–H groups in total. The third kappa shape index (κ3) is 3.29. The number of ether oxygens (including phenoxy) is 1. The van der Waals surface area contributed by atoms with Crippen LogP contribution in [-0.2, 0) is 11.3 Å². The number of nitrogens with one attached hydrogen (secondary N) is 1. The normalized spacial score (nSPS) is 26.0. The van der Waals surface area contributed by atoms with Gasteiger partial charge in [-0.05, 0) is 43.9 Å². The zero-order valence-electron chi connectivity index (χ0n) is 13.9. The Kier molecular flexibility index (Phi) is 5.02. The van der Waals surface area contributed by atoms with Crippen LogP contribution < -0.4 is 5.32 Å². The molecule has 0 radical (unpaired) electrons. The molecule has 2 saturated carbocycles. The SMILES string of the molecule is CCOC1CC(NCc2ccc(C(=O)O)cc2)C12CCCCC2. The van der Waals surface area contributed by atoms with E-state index >= 15 is 0 Å². The van der Waals surface area contributed by atoms with Crippen molar-refractivity contribution in [2.24, 2.45) is 5.41 Å². The number of hydrogen-bond donors (Lipinski definition) is 2. The molecule has 3 rings (SSSR count). The minimum absolute atomic E-state index is 0.329. The van der Waals surface area contributed by atoms with E-state index in [-0.39, 0.29) is 0 Å². The molecule has 2 aliphatic carbocycles. The lowest BCUT2D eigenvalue weighted by atomic mass is 9.55. The van der Waals surface area contributed by atoms with Gasteiger partial charge in [-0.15, -0.1) is 0 Å². The quantitative estimate of drug-likeness (QED) is 0.841. The maximum atomic E-state index is 10.9. The molecule has 4 heteroatoms. The van der Waals surface area contributed by atoms with Crippen molar-refractivity contribution in [3.05, 3.63) is 35.4 Å². The third-order valence-corrected chi connectivity index (χ3v) is 5.69. The van der Waals surface area contributed by atoms with Crippen molar-refractivity contribution in [3.8, 4) is 0 Å². The van der Waals surface area contributed by atoms with E-state index in [1.54, 1.807) is 12.1 Å². The Hall–Kier alpha value is -1.39. The molecule has 0 saturated heterocycles. The lowest BCUT2D eigenvalue weighted by Gasteiger charge is -2.58. The Balaban J connectivity index is 1.60. The van der Waals surface area contributed by atoms with E-state index in [1.807, 2.05) is 12.1 Å². The summed E-state index contributed by atoms with van der Waals surface area (Å²) in [4.78, 5) is 10.9. The second-order valence-corrected chi connectivity index (χ2v) is 6.91. The van der Waals surface area contributed by atoms with Crippen molar-refractivity contribution < 1.29 is 14.6 Å². The van der Waals surface area contributed by atoms with Crippen LogP contribution in [0.2, 0.25) is 0 Å². The molecule has 0 heterocycles. The summed E-state index contributed by atoms with van der Waals surface area (Å²) >= 11 is 0. The van der Waals surface area contributed by atoms with Gasteiger partial charge in [-0.3, -0.25) is 0 Å². The highest BCUT2D eigenvalue weighted by Crippen LogP contribution is 2.53. The summed E-state index contributed by atoms with van der Waals surface area (Å²) in [6, 6.07) is 7.70. The summed E-state index contributed by atoms with van der Waals surface area (Å²) in [5.74, 6) is -0.871. The minimum Gasteiger partial charge on any atom is -0.478 e. The van der Waals surface area contributed by atoms with Crippen molar-refractivity contribution in [1.82, 2.24) is 5.32 Å². The molecule has 1 aromatic rings. The van der Waals surface area contributed by atoms with Gasteiger partial charge in [-0.25, -0.2) is 4.79 Å². The highest BCUT2D eigenvalue weighted by atomic mass is 16.5. The monoisotopic (exact) mass is 317 g/mol. The molecule has 0 aromatic heterocycles. The van der Waals surface area contributed by atoms with Crippen LogP contribution in [0, 0.1) is 5.41 Å². The van der Waals surface area contributed by atoms with Gasteiger partial charge >= 0.3 is 5.97 Å². The topological polar surface area (TPSA) is 58.6 Å². The predicted molar refractivity (Wildman–Crippen MR) is 89.6 cm³/mol. The Morgan fingerprint density at radius 1 is 1.26 bits per heavy atom. The predicted octanol–water partition coefficient (Wildman–Crippen LogP) is 3.60. The summed E-state index contributed by atoms with van der Waals surface area (Å²) in [5, 5.41) is 12.7. The summed E-state index contributed by atoms with van der Waals surface area (Å²) < 4.78 is 5.99. The van der Waals surface area contributed by atoms with Crippen LogP contribution in [0.1, 0.15) is 61.4 Å². The van der Waals surface area contributed by atoms with Gasteiger partial charge < -0.3 is 15.2 Å². The first-order valence-corrected chi connectivity index (χ1v) is 8.83. The lowest BCUT2D eigenvalue weighted by Crippen LogP contribution is -2.64. The highest BCUT2D eigenvalue weighted by Gasteiger charge is 2.55. The Bertz CT molecular complexity index is 534. The molecule has 0 bridgehead atoms. The molecule has 1 aromatic carbocycles. The number of hydrogen-bond acceptors (Lipinski definition) is 3. The van der Waals surface area contributed by atoms with Gasteiger partial charge in [-0.1, -0.05) is 31.4 Å². The number of carboxylic acid groups (broad SMARTS) is 1. The zero-order chi connectivity index (χ0) is 16.3. The van der Waals surface area contributed by atoms with Crippen molar-refractivity contribution in [3.63, 3.8) is 0 Å². The van der Waals surface area contributed by atoms with E-state index in [9.17, 15) is 4.79 Å². The summed E-state index contributed by atoms with van der Waals surface area (Å²) in [6.07, 6.45) is 8.04. The Morgan fingerprint density at radius 3 is 2.57 bits per heavy atom. The van der Waals surface area contributed by atoms with E-state index in [0.717, 1.165) is 25.1 Å². The van der Waals surface area contributed by atoms with Gasteiger partial charge in [0.05, 0.1) is 11.7 Å². The lowest BCUT2D eigenvalue weighted by molar-refractivity contribution is -0.150. The molecule has 126 valence electrons. The molecule has 0 amide bonds. The number of carbonyl (C=O) groups is 1. The number of rotatable bonds is 6. The van der Waals surface area contributed by atoms with Crippen molar-refractivity contribution in [2.45, 2.75) is 64.1 Å². The number of aromatic carboxylic acids is 1. The Morgan fingerprint density at radius 2 is 1.96 bits per heavy atom. The summed E-state index contributed by atoms with van der Waals surface area (Å²) in [6.45, 7) is 3.68. The molecular formula is C19H27NO3. The van der Waals surface area contributed by atoms with E-state index in [2.05, 4.69) is 12.2 Å². The highest BCUT2D eigenvalue weighted by molar-refractivity contribution is 5.87. The molecular weight excluding hydrogens is 290 g/mol.